The molecule has 1 heterocycles. The number of amides is 1. The number of aliphatic hydroxyl groups is 1. The number of sulfonamides is 1. The maximum atomic E-state index is 12.3. The molecule has 1 aromatic carbocycles. The second-order valence-electron chi connectivity index (χ2n) is 6.63. The summed E-state index contributed by atoms with van der Waals surface area (Å²) in [6.07, 6.45) is 2.98. The first-order chi connectivity index (χ1) is 11.8. The molecule has 25 heavy (non-hydrogen) atoms. The van der Waals surface area contributed by atoms with E-state index >= 15 is 0 Å². The molecule has 0 bridgehead atoms. The van der Waals surface area contributed by atoms with Crippen LogP contribution in [0.5, 0.6) is 0 Å². The Bertz CT molecular complexity index is 701. The summed E-state index contributed by atoms with van der Waals surface area (Å²) >= 11 is 0. The molecule has 0 fully saturated rings. The molecule has 1 aromatic rings. The average molecular weight is 368 g/mol. The van der Waals surface area contributed by atoms with Crippen LogP contribution in [-0.2, 0) is 27.8 Å². The number of benzene rings is 1. The summed E-state index contributed by atoms with van der Waals surface area (Å²) in [5.41, 5.74) is 2.00. The largest absolute Gasteiger partial charge is 0.393 e. The van der Waals surface area contributed by atoms with E-state index in [1.54, 1.807) is 25.1 Å². The third-order valence-electron chi connectivity index (χ3n) is 4.45. The molecule has 0 aliphatic carbocycles. The number of carbonyl (C=O) groups excluding carboxylic acids is 1. The molecule has 2 N–H and O–H groups in total. The first-order valence-corrected chi connectivity index (χ1v) is 10.4. The number of hydrogen-bond donors (Lipinski definition) is 2. The standard InChI is InChI=1S/C18H28N2O4S/c1-3-4-5-18(22)20-11-9-15-12-17(7-6-16(15)13-20)25(23,24)19-10-8-14(2)21/h6-7,12,14,19,21H,3-5,8-11,13H2,1-2H3/t14-/m1/s1. The second-order valence-corrected chi connectivity index (χ2v) is 8.40. The fourth-order valence-electron chi connectivity index (χ4n) is 2.88. The van der Waals surface area contributed by atoms with E-state index in [1.807, 2.05) is 4.90 Å². The average Bonchev–Trinajstić information content (AvgIpc) is 2.58. The molecule has 0 spiro atoms. The number of aliphatic hydroxyl groups excluding tert-OH is 1. The molecule has 1 aliphatic heterocycles. The molecule has 6 nitrogen and oxygen atoms in total. The van der Waals surface area contributed by atoms with E-state index in [9.17, 15) is 18.3 Å². The SMILES string of the molecule is CCCCC(=O)N1CCc2cc(S(=O)(=O)NCC[C@@H](C)O)ccc2C1. The van der Waals surface area contributed by atoms with Gasteiger partial charge < -0.3 is 10.0 Å². The van der Waals surface area contributed by atoms with Crippen LogP contribution in [0.15, 0.2) is 23.1 Å². The molecule has 1 atom stereocenters. The van der Waals surface area contributed by atoms with E-state index in [2.05, 4.69) is 11.6 Å². The lowest BCUT2D eigenvalue weighted by atomic mass is 9.99. The van der Waals surface area contributed by atoms with E-state index in [0.29, 0.717) is 32.4 Å². The zero-order valence-electron chi connectivity index (χ0n) is 15.0. The molecular formula is C18H28N2O4S. The summed E-state index contributed by atoms with van der Waals surface area (Å²) in [6.45, 7) is 5.08. The van der Waals surface area contributed by atoms with Gasteiger partial charge in [-0.2, -0.15) is 0 Å². The highest BCUT2D eigenvalue weighted by Gasteiger charge is 2.22. The van der Waals surface area contributed by atoms with E-state index in [4.69, 9.17) is 0 Å². The molecule has 0 unspecified atom stereocenters. The van der Waals surface area contributed by atoms with Crippen LogP contribution in [0.25, 0.3) is 0 Å². The van der Waals surface area contributed by atoms with Gasteiger partial charge in [0.25, 0.3) is 0 Å². The zero-order valence-corrected chi connectivity index (χ0v) is 15.8. The highest BCUT2D eigenvalue weighted by Crippen LogP contribution is 2.23. The van der Waals surface area contributed by atoms with Crippen molar-refractivity contribution in [2.24, 2.45) is 0 Å². The number of rotatable bonds is 8. The molecule has 0 saturated carbocycles. The lowest BCUT2D eigenvalue weighted by molar-refractivity contribution is -0.132. The van der Waals surface area contributed by atoms with E-state index in [0.717, 1.165) is 24.0 Å². The molecule has 1 aliphatic rings. The molecule has 140 valence electrons. The molecular weight excluding hydrogens is 340 g/mol. The van der Waals surface area contributed by atoms with Crippen LogP contribution in [0.4, 0.5) is 0 Å². The van der Waals surface area contributed by atoms with Crippen molar-refractivity contribution in [1.29, 1.82) is 0 Å². The maximum absolute atomic E-state index is 12.3. The van der Waals surface area contributed by atoms with Crippen molar-refractivity contribution in [1.82, 2.24) is 9.62 Å². The summed E-state index contributed by atoms with van der Waals surface area (Å²) in [5, 5.41) is 9.23. The Morgan fingerprint density at radius 1 is 1.36 bits per heavy atom. The van der Waals surface area contributed by atoms with Gasteiger partial charge in [-0.3, -0.25) is 4.79 Å². The quantitative estimate of drug-likeness (QED) is 0.733. The van der Waals surface area contributed by atoms with Crippen molar-refractivity contribution in [3.63, 3.8) is 0 Å². The minimum atomic E-state index is -3.57. The summed E-state index contributed by atoms with van der Waals surface area (Å²) in [6, 6.07) is 5.09. The summed E-state index contributed by atoms with van der Waals surface area (Å²) in [4.78, 5) is 14.3. The second kappa shape index (κ2) is 8.78. The number of nitrogens with one attached hydrogen (secondary N) is 1. The van der Waals surface area contributed by atoms with Crippen molar-refractivity contribution in [3.8, 4) is 0 Å². The van der Waals surface area contributed by atoms with Gasteiger partial charge in [0, 0.05) is 26.1 Å². The minimum absolute atomic E-state index is 0.170. The smallest absolute Gasteiger partial charge is 0.240 e. The Balaban J connectivity index is 2.05. The molecule has 0 radical (unpaired) electrons. The molecule has 0 saturated heterocycles. The topological polar surface area (TPSA) is 86.7 Å². The number of carbonyl (C=O) groups is 1. The van der Waals surface area contributed by atoms with Crippen LogP contribution in [-0.4, -0.2) is 43.5 Å². The van der Waals surface area contributed by atoms with Crippen molar-refractivity contribution < 1.29 is 18.3 Å². The van der Waals surface area contributed by atoms with Crippen LogP contribution >= 0.6 is 0 Å². The van der Waals surface area contributed by atoms with Gasteiger partial charge >= 0.3 is 0 Å². The van der Waals surface area contributed by atoms with Gasteiger partial charge in [-0.15, -0.1) is 0 Å². The first-order valence-electron chi connectivity index (χ1n) is 8.90. The predicted molar refractivity (Wildman–Crippen MR) is 96.6 cm³/mol. The van der Waals surface area contributed by atoms with Gasteiger partial charge in [-0.25, -0.2) is 13.1 Å². The zero-order chi connectivity index (χ0) is 18.4. The van der Waals surface area contributed by atoms with Crippen molar-refractivity contribution >= 4 is 15.9 Å². The van der Waals surface area contributed by atoms with E-state index < -0.39 is 16.1 Å². The highest BCUT2D eigenvalue weighted by molar-refractivity contribution is 7.89. The normalized spacial score (nSPS) is 15.7. The Kier molecular flexibility index (Phi) is 6.98. The van der Waals surface area contributed by atoms with Gasteiger partial charge in [-0.1, -0.05) is 19.4 Å². The summed E-state index contributed by atoms with van der Waals surface area (Å²) in [7, 11) is -3.57. The van der Waals surface area contributed by atoms with Gasteiger partial charge in [-0.05, 0) is 49.4 Å². The number of unbranched alkanes of at least 4 members (excludes halogenated alkanes) is 1. The monoisotopic (exact) mass is 368 g/mol. The number of nitrogens with zero attached hydrogens (tertiary/aromatic N) is 1. The minimum Gasteiger partial charge on any atom is -0.393 e. The molecule has 7 heteroatoms. The third kappa shape index (κ3) is 5.52. The third-order valence-corrected chi connectivity index (χ3v) is 5.91. The molecule has 0 aromatic heterocycles. The predicted octanol–water partition coefficient (Wildman–Crippen LogP) is 1.81. The van der Waals surface area contributed by atoms with Crippen molar-refractivity contribution in [3.05, 3.63) is 29.3 Å². The Morgan fingerprint density at radius 2 is 2.12 bits per heavy atom. The van der Waals surface area contributed by atoms with Gasteiger partial charge in [0.05, 0.1) is 11.0 Å². The van der Waals surface area contributed by atoms with E-state index in [1.165, 1.54) is 0 Å². The van der Waals surface area contributed by atoms with Crippen LogP contribution in [0.3, 0.4) is 0 Å². The molecule has 2 rings (SSSR count). The fourth-order valence-corrected chi connectivity index (χ4v) is 3.98. The van der Waals surface area contributed by atoms with E-state index in [-0.39, 0.29) is 17.3 Å². The van der Waals surface area contributed by atoms with Gasteiger partial charge in [0.1, 0.15) is 0 Å². The Morgan fingerprint density at radius 3 is 2.80 bits per heavy atom. The van der Waals surface area contributed by atoms with Crippen molar-refractivity contribution in [2.45, 2.75) is 63.5 Å². The first kappa shape index (κ1) is 19.9. The van der Waals surface area contributed by atoms with Crippen LogP contribution in [0, 0.1) is 0 Å². The lowest BCUT2D eigenvalue weighted by Gasteiger charge is -2.29. The van der Waals surface area contributed by atoms with Crippen LogP contribution in [0.2, 0.25) is 0 Å². The summed E-state index contributed by atoms with van der Waals surface area (Å²) in [5.74, 6) is 0.170. The van der Waals surface area contributed by atoms with Gasteiger partial charge in [0.15, 0.2) is 0 Å². The van der Waals surface area contributed by atoms with Crippen LogP contribution in [0.1, 0.15) is 50.7 Å². The maximum Gasteiger partial charge on any atom is 0.240 e. The Hall–Kier alpha value is -1.44. The molecule has 1 amide bonds. The van der Waals surface area contributed by atoms with Crippen molar-refractivity contribution in [2.75, 3.05) is 13.1 Å². The van der Waals surface area contributed by atoms with Gasteiger partial charge in [0.2, 0.25) is 15.9 Å². The number of fused-ring (bicyclic) bond motifs is 1. The fraction of sp³-hybridized carbons (Fsp3) is 0.611. The highest BCUT2D eigenvalue weighted by atomic mass is 32.2. The number of hydrogen-bond acceptors (Lipinski definition) is 4. The van der Waals surface area contributed by atoms with Crippen LogP contribution < -0.4 is 4.72 Å². The summed E-state index contributed by atoms with van der Waals surface area (Å²) < 4.78 is 27.2. The lowest BCUT2D eigenvalue weighted by Crippen LogP contribution is -2.36. The Labute approximate surface area is 150 Å².